The van der Waals surface area contributed by atoms with Gasteiger partial charge < -0.3 is 29.4 Å². The molecule has 0 radical (unpaired) electrons. The van der Waals surface area contributed by atoms with E-state index >= 15 is 0 Å². The average Bonchev–Trinajstić information content (AvgIpc) is 3.03. The Kier molecular flexibility index (Phi) is 11.7. The van der Waals surface area contributed by atoms with E-state index < -0.39 is 29.7 Å². The second kappa shape index (κ2) is 15.6. The first-order valence-corrected chi connectivity index (χ1v) is 15.6. The van der Waals surface area contributed by atoms with Gasteiger partial charge in [0.1, 0.15) is 23.2 Å². The molecule has 2 amide bonds. The third-order valence-corrected chi connectivity index (χ3v) is 7.33. The highest BCUT2D eigenvalue weighted by Gasteiger charge is 2.32. The van der Waals surface area contributed by atoms with E-state index in [1.165, 1.54) is 5.06 Å². The zero-order valence-corrected chi connectivity index (χ0v) is 26.6. The van der Waals surface area contributed by atoms with E-state index in [4.69, 9.17) is 19.3 Å². The zero-order chi connectivity index (χ0) is 32.4. The molecule has 13 heteroatoms. The molecule has 1 aromatic carbocycles. The van der Waals surface area contributed by atoms with Crippen LogP contribution in [0.1, 0.15) is 70.3 Å². The van der Waals surface area contributed by atoms with Gasteiger partial charge in [-0.15, -0.1) is 5.06 Å². The number of nitrogens with zero attached hydrogens (tertiary/aromatic N) is 5. The summed E-state index contributed by atoms with van der Waals surface area (Å²) in [6.45, 7) is 9.88. The van der Waals surface area contributed by atoms with Crippen LogP contribution in [0.15, 0.2) is 36.4 Å². The van der Waals surface area contributed by atoms with Crippen LogP contribution in [-0.2, 0) is 23.9 Å². The fourth-order valence-electron chi connectivity index (χ4n) is 5.17. The Hall–Kier alpha value is -4.26. The summed E-state index contributed by atoms with van der Waals surface area (Å²) in [5, 5.41) is 4.29. The molecule has 2 aliphatic rings. The monoisotopic (exact) mass is 624 g/mol. The van der Waals surface area contributed by atoms with Crippen molar-refractivity contribution < 1.29 is 33.5 Å². The second-order valence-corrected chi connectivity index (χ2v) is 12.0. The number of rotatable bonds is 10. The van der Waals surface area contributed by atoms with Crippen molar-refractivity contribution in [3.05, 3.63) is 42.1 Å². The number of piperidine rings is 1. The molecule has 1 N–H and O–H groups in total. The Morgan fingerprint density at radius 3 is 2.27 bits per heavy atom. The summed E-state index contributed by atoms with van der Waals surface area (Å²) >= 11 is 0. The number of anilines is 1. The first-order valence-electron chi connectivity index (χ1n) is 15.6. The van der Waals surface area contributed by atoms with E-state index in [1.54, 1.807) is 38.7 Å². The molecule has 2 saturated heterocycles. The molecule has 0 unspecified atom stereocenters. The van der Waals surface area contributed by atoms with E-state index in [1.807, 2.05) is 30.3 Å². The number of piperazine rings is 1. The summed E-state index contributed by atoms with van der Waals surface area (Å²) < 4.78 is 10.3. The van der Waals surface area contributed by atoms with Crippen molar-refractivity contribution in [3.8, 4) is 11.4 Å². The maximum absolute atomic E-state index is 13.8. The minimum atomic E-state index is -1.02. The van der Waals surface area contributed by atoms with Gasteiger partial charge in [0.15, 0.2) is 5.82 Å². The molecular weight excluding hydrogens is 580 g/mol. The minimum Gasteiger partial charge on any atom is -0.460 e. The number of carbonyl (C=O) groups is 4. The van der Waals surface area contributed by atoms with Crippen molar-refractivity contribution in [1.29, 1.82) is 0 Å². The number of esters is 1. The number of amides is 2. The molecule has 3 heterocycles. The Morgan fingerprint density at radius 1 is 0.933 bits per heavy atom. The van der Waals surface area contributed by atoms with E-state index in [-0.39, 0.29) is 57.2 Å². The highest BCUT2D eigenvalue weighted by molar-refractivity contribution is 5.97. The number of carbonyl (C=O) groups excluding carboxylic acids is 4. The smallest absolute Gasteiger partial charge is 0.460 e. The van der Waals surface area contributed by atoms with Gasteiger partial charge >= 0.3 is 12.1 Å². The summed E-state index contributed by atoms with van der Waals surface area (Å²) in [5.74, 6) is -0.292. The summed E-state index contributed by atoms with van der Waals surface area (Å²) in [4.78, 5) is 70.1. The van der Waals surface area contributed by atoms with Gasteiger partial charge in [-0.2, -0.15) is 0 Å². The molecule has 244 valence electrons. The van der Waals surface area contributed by atoms with Gasteiger partial charge in [-0.3, -0.25) is 14.4 Å². The lowest BCUT2D eigenvalue weighted by Gasteiger charge is -2.35. The van der Waals surface area contributed by atoms with Crippen LogP contribution < -0.4 is 10.2 Å². The Morgan fingerprint density at radius 2 is 1.62 bits per heavy atom. The first-order chi connectivity index (χ1) is 21.5. The topological polar surface area (TPSA) is 144 Å². The van der Waals surface area contributed by atoms with Gasteiger partial charge in [0.05, 0.1) is 19.7 Å². The van der Waals surface area contributed by atoms with Crippen LogP contribution in [0.25, 0.3) is 11.4 Å². The standard InChI is InChI=1S/C32H44N6O7/c1-5-43-31(42)45-38-20-18-37(19-21-38)30(41)24(14-15-27(39)44-32(2,3)4)34-29(40)25-22-26(36-16-10-7-11-17-36)35-28(33-25)23-12-8-6-9-13-23/h6,8-9,12-13,22,24H,5,7,10-11,14-21H2,1-4H3,(H,34,40)/t24-/m0/s1. The molecular formula is C32H44N6O7. The van der Waals surface area contributed by atoms with Gasteiger partial charge in [-0.25, -0.2) is 14.8 Å². The molecule has 13 nitrogen and oxygen atoms in total. The third-order valence-electron chi connectivity index (χ3n) is 7.33. The van der Waals surface area contributed by atoms with Gasteiger partial charge in [-0.1, -0.05) is 30.3 Å². The highest BCUT2D eigenvalue weighted by Crippen LogP contribution is 2.23. The van der Waals surface area contributed by atoms with Gasteiger partial charge in [0.25, 0.3) is 5.91 Å². The molecule has 1 atom stereocenters. The van der Waals surface area contributed by atoms with Crippen LogP contribution in [0.3, 0.4) is 0 Å². The number of ether oxygens (including phenoxy) is 2. The molecule has 0 bridgehead atoms. The number of hydroxylamine groups is 2. The lowest BCUT2D eigenvalue weighted by atomic mass is 10.1. The highest BCUT2D eigenvalue weighted by atomic mass is 16.8. The normalized spacial score (nSPS) is 16.4. The van der Waals surface area contributed by atoms with E-state index in [9.17, 15) is 19.2 Å². The largest absolute Gasteiger partial charge is 0.527 e. The molecule has 1 aromatic heterocycles. The molecule has 45 heavy (non-hydrogen) atoms. The molecule has 2 aromatic rings. The van der Waals surface area contributed by atoms with Crippen LogP contribution in [-0.4, -0.2) is 101 Å². The predicted molar refractivity (Wildman–Crippen MR) is 166 cm³/mol. The van der Waals surface area contributed by atoms with E-state index in [0.717, 1.165) is 37.9 Å². The van der Waals surface area contributed by atoms with E-state index in [0.29, 0.717) is 11.6 Å². The van der Waals surface area contributed by atoms with Crippen molar-refractivity contribution in [2.75, 3.05) is 50.8 Å². The second-order valence-electron chi connectivity index (χ2n) is 12.0. The lowest BCUT2D eigenvalue weighted by Crippen LogP contribution is -2.55. The van der Waals surface area contributed by atoms with E-state index in [2.05, 4.69) is 15.2 Å². The van der Waals surface area contributed by atoms with Gasteiger partial charge in [-0.05, 0) is 53.4 Å². The van der Waals surface area contributed by atoms with Crippen molar-refractivity contribution in [2.24, 2.45) is 0 Å². The van der Waals surface area contributed by atoms with Crippen LogP contribution >= 0.6 is 0 Å². The van der Waals surface area contributed by atoms with Crippen LogP contribution in [0.2, 0.25) is 0 Å². The first kappa shape index (κ1) is 33.6. The van der Waals surface area contributed by atoms with Crippen LogP contribution in [0.5, 0.6) is 0 Å². The Labute approximate surface area is 264 Å². The number of hydrogen-bond acceptors (Lipinski definition) is 11. The van der Waals surface area contributed by atoms with Crippen molar-refractivity contribution in [1.82, 2.24) is 25.2 Å². The third kappa shape index (κ3) is 10.1. The van der Waals surface area contributed by atoms with Crippen molar-refractivity contribution in [2.45, 2.75) is 71.4 Å². The Balaban J connectivity index is 1.53. The summed E-state index contributed by atoms with van der Waals surface area (Å²) in [6, 6.07) is 10.1. The fraction of sp³-hybridized carbons (Fsp3) is 0.562. The zero-order valence-electron chi connectivity index (χ0n) is 26.6. The maximum atomic E-state index is 13.8. The van der Waals surface area contributed by atoms with Crippen LogP contribution in [0.4, 0.5) is 10.6 Å². The minimum absolute atomic E-state index is 0.0363. The molecule has 2 fully saturated rings. The summed E-state index contributed by atoms with van der Waals surface area (Å²) in [5.41, 5.74) is 0.215. The number of hydrogen-bond donors (Lipinski definition) is 1. The summed E-state index contributed by atoms with van der Waals surface area (Å²) in [6.07, 6.45) is 2.37. The van der Waals surface area contributed by atoms with Gasteiger partial charge in [0, 0.05) is 44.2 Å². The quantitative estimate of drug-likeness (QED) is 0.388. The predicted octanol–water partition coefficient (Wildman–Crippen LogP) is 3.59. The summed E-state index contributed by atoms with van der Waals surface area (Å²) in [7, 11) is 0. The SMILES string of the molecule is CCOC(=O)ON1CCN(C(=O)[C@H](CCC(=O)OC(C)(C)C)NC(=O)c2cc(N3CCCCC3)nc(-c3ccccc3)n2)CC1. The average molecular weight is 625 g/mol. The Bertz CT molecular complexity index is 1320. The molecule has 2 aliphatic heterocycles. The van der Waals surface area contributed by atoms with Crippen molar-refractivity contribution >= 4 is 29.8 Å². The lowest BCUT2D eigenvalue weighted by molar-refractivity contribution is -0.158. The molecule has 0 saturated carbocycles. The number of benzene rings is 1. The number of nitrogens with one attached hydrogen (secondary N) is 1. The molecule has 4 rings (SSSR count). The van der Waals surface area contributed by atoms with Gasteiger partial charge in [0.2, 0.25) is 5.91 Å². The fourth-order valence-corrected chi connectivity index (χ4v) is 5.17. The number of aromatic nitrogens is 2. The van der Waals surface area contributed by atoms with Crippen molar-refractivity contribution in [3.63, 3.8) is 0 Å². The van der Waals surface area contributed by atoms with Crippen LogP contribution in [0, 0.1) is 0 Å². The molecule has 0 spiro atoms. The molecule has 0 aliphatic carbocycles. The maximum Gasteiger partial charge on any atom is 0.527 e.